The van der Waals surface area contributed by atoms with Gasteiger partial charge < -0.3 is 38.1 Å². The molecule has 3 fully saturated rings. The van der Waals surface area contributed by atoms with Crippen LogP contribution < -0.4 is 14.2 Å². The smallest absolute Gasteiger partial charge is 0.329 e. The molecule has 1 aliphatic carbocycles. The number of piperidine rings is 1. The number of methoxy groups -OCH3 is 3. The quantitative estimate of drug-likeness (QED) is 0.101. The summed E-state index contributed by atoms with van der Waals surface area (Å²) in [6.45, 7) is 9.65. The van der Waals surface area contributed by atoms with Crippen molar-refractivity contribution in [2.45, 2.75) is 103 Å². The maximum absolute atomic E-state index is 14.9. The molecule has 1 saturated carbocycles. The van der Waals surface area contributed by atoms with Crippen LogP contribution in [-0.2, 0) is 35.0 Å². The van der Waals surface area contributed by atoms with E-state index in [4.69, 9.17) is 33.2 Å². The lowest BCUT2D eigenvalue weighted by atomic mass is 9.74. The summed E-state index contributed by atoms with van der Waals surface area (Å²) in [5, 5.41) is 0. The number of rotatable bonds is 20. The standard InChI is InChI=1S/C44H66N2O9/c1-32(2)28-41(54-31-49-3)42(34-12-7-6-8-13-34)43(47)46-21-10-9-16-37(46)44(48)55-38(19-17-33-18-20-39(50-4)40(29-33)51-5)35-14-11-15-36(30-35)53-27-24-45-22-25-52-26-23-45/h11,14-15,18,20,29-30,32,34,37-38,41-42H,6-10,12-13,16-17,19,21-28,31H2,1-5H3/t37-,38+,41-,42+/m1/s1. The van der Waals surface area contributed by atoms with Crippen molar-refractivity contribution in [3.63, 3.8) is 0 Å². The Kier molecular flexibility index (Phi) is 17.4. The minimum Gasteiger partial charge on any atom is -0.493 e. The number of hydrogen-bond donors (Lipinski definition) is 0. The van der Waals surface area contributed by atoms with E-state index in [1.807, 2.05) is 47.4 Å². The molecule has 3 aliphatic rings. The molecule has 0 radical (unpaired) electrons. The molecular weight excluding hydrogens is 700 g/mol. The molecule has 0 aromatic heterocycles. The van der Waals surface area contributed by atoms with Gasteiger partial charge in [-0.05, 0) is 98.6 Å². The van der Waals surface area contributed by atoms with Crippen LogP contribution in [0, 0.1) is 17.8 Å². The van der Waals surface area contributed by atoms with Crippen LogP contribution in [0.25, 0.3) is 0 Å². The first-order valence-electron chi connectivity index (χ1n) is 20.7. The van der Waals surface area contributed by atoms with Crippen molar-refractivity contribution >= 4 is 11.9 Å². The molecule has 5 rings (SSSR count). The number of carbonyl (C=O) groups excluding carboxylic acids is 2. The van der Waals surface area contributed by atoms with Crippen LogP contribution in [0.15, 0.2) is 42.5 Å². The Balaban J connectivity index is 1.37. The molecule has 306 valence electrons. The number of nitrogens with zero attached hydrogens (tertiary/aromatic N) is 2. The molecule has 0 spiro atoms. The Labute approximate surface area is 329 Å². The van der Waals surface area contributed by atoms with Gasteiger partial charge in [-0.15, -0.1) is 0 Å². The van der Waals surface area contributed by atoms with Crippen LogP contribution in [0.2, 0.25) is 0 Å². The summed E-state index contributed by atoms with van der Waals surface area (Å²) in [5.74, 6) is 1.92. The molecule has 1 amide bonds. The van der Waals surface area contributed by atoms with Gasteiger partial charge in [0.2, 0.25) is 5.91 Å². The highest BCUT2D eigenvalue weighted by Gasteiger charge is 2.44. The van der Waals surface area contributed by atoms with Crippen molar-refractivity contribution in [2.24, 2.45) is 17.8 Å². The second-order valence-electron chi connectivity index (χ2n) is 15.7. The largest absolute Gasteiger partial charge is 0.493 e. The summed E-state index contributed by atoms with van der Waals surface area (Å²) in [6.07, 6.45) is 8.75. The minimum atomic E-state index is -0.661. The monoisotopic (exact) mass is 766 g/mol. The van der Waals surface area contributed by atoms with Crippen molar-refractivity contribution in [3.8, 4) is 17.2 Å². The molecule has 55 heavy (non-hydrogen) atoms. The van der Waals surface area contributed by atoms with Crippen molar-refractivity contribution < 1.29 is 42.7 Å². The molecule has 2 aromatic rings. The van der Waals surface area contributed by atoms with Gasteiger partial charge in [-0.1, -0.05) is 51.3 Å². The van der Waals surface area contributed by atoms with Crippen molar-refractivity contribution in [1.29, 1.82) is 0 Å². The van der Waals surface area contributed by atoms with Crippen LogP contribution in [-0.4, -0.2) is 108 Å². The highest BCUT2D eigenvalue weighted by atomic mass is 16.7. The van der Waals surface area contributed by atoms with Gasteiger partial charge >= 0.3 is 5.97 Å². The van der Waals surface area contributed by atoms with Crippen LogP contribution in [0.5, 0.6) is 17.2 Å². The third-order valence-electron chi connectivity index (χ3n) is 11.4. The molecule has 2 heterocycles. The molecule has 0 bridgehead atoms. The third-order valence-corrected chi connectivity index (χ3v) is 11.4. The van der Waals surface area contributed by atoms with E-state index in [-0.39, 0.29) is 36.6 Å². The van der Waals surface area contributed by atoms with Crippen LogP contribution in [0.4, 0.5) is 0 Å². The predicted octanol–water partition coefficient (Wildman–Crippen LogP) is 7.24. The second-order valence-corrected chi connectivity index (χ2v) is 15.7. The summed E-state index contributed by atoms with van der Waals surface area (Å²) in [4.78, 5) is 33.6. The number of morpholine rings is 1. The number of likely N-dealkylation sites (tertiary alicyclic amines) is 1. The van der Waals surface area contributed by atoms with E-state index in [1.165, 1.54) is 6.42 Å². The maximum Gasteiger partial charge on any atom is 0.329 e. The fourth-order valence-corrected chi connectivity index (χ4v) is 8.50. The molecule has 4 atom stereocenters. The van der Waals surface area contributed by atoms with Gasteiger partial charge in [0.15, 0.2) is 11.5 Å². The Morgan fingerprint density at radius 2 is 1.64 bits per heavy atom. The number of ether oxygens (including phenoxy) is 7. The lowest BCUT2D eigenvalue weighted by molar-refractivity contribution is -0.169. The van der Waals surface area contributed by atoms with E-state index < -0.39 is 12.1 Å². The van der Waals surface area contributed by atoms with Crippen LogP contribution in [0.1, 0.15) is 95.3 Å². The fraction of sp³-hybridized carbons (Fsp3) is 0.682. The average Bonchev–Trinajstić information content (AvgIpc) is 3.22. The number of aryl methyl sites for hydroxylation is 1. The molecule has 2 saturated heterocycles. The zero-order valence-electron chi connectivity index (χ0n) is 34.0. The van der Waals surface area contributed by atoms with Crippen molar-refractivity contribution in [2.75, 3.05) is 74.1 Å². The van der Waals surface area contributed by atoms with Crippen molar-refractivity contribution in [1.82, 2.24) is 9.80 Å². The zero-order valence-corrected chi connectivity index (χ0v) is 34.0. The number of benzene rings is 2. The van der Waals surface area contributed by atoms with E-state index in [0.717, 1.165) is 94.7 Å². The van der Waals surface area contributed by atoms with E-state index >= 15 is 0 Å². The van der Waals surface area contributed by atoms with E-state index in [2.05, 4.69) is 18.7 Å². The first-order chi connectivity index (χ1) is 26.8. The SMILES string of the molecule is COCO[C@H](CC(C)C)[C@@H](C(=O)N1CCCC[C@@H]1C(=O)O[C@@H](CCc1ccc(OC)c(OC)c1)c1cccc(OCCN2CCOCC2)c1)C1CCCCC1. The summed E-state index contributed by atoms with van der Waals surface area (Å²) in [7, 11) is 4.87. The predicted molar refractivity (Wildman–Crippen MR) is 212 cm³/mol. The van der Waals surface area contributed by atoms with Crippen molar-refractivity contribution in [3.05, 3.63) is 53.6 Å². The number of esters is 1. The Bertz CT molecular complexity index is 1460. The molecular formula is C44H66N2O9. The van der Waals surface area contributed by atoms with Gasteiger partial charge in [0.1, 0.15) is 31.3 Å². The number of amides is 1. The van der Waals surface area contributed by atoms with Gasteiger partial charge in [-0.25, -0.2) is 4.79 Å². The first kappa shape index (κ1) is 42.8. The molecule has 2 aromatic carbocycles. The molecule has 0 N–H and O–H groups in total. The topological polar surface area (TPSA) is 105 Å². The molecule has 0 unspecified atom stereocenters. The lowest BCUT2D eigenvalue weighted by Crippen LogP contribution is -2.54. The molecule has 2 aliphatic heterocycles. The van der Waals surface area contributed by atoms with Crippen LogP contribution >= 0.6 is 0 Å². The highest BCUT2D eigenvalue weighted by molar-refractivity contribution is 5.86. The normalized spacial score (nSPS) is 20.1. The van der Waals surface area contributed by atoms with E-state index in [0.29, 0.717) is 49.8 Å². The van der Waals surface area contributed by atoms with Gasteiger partial charge in [0, 0.05) is 33.3 Å². The first-order valence-corrected chi connectivity index (χ1v) is 20.7. The third kappa shape index (κ3) is 12.6. The van der Waals surface area contributed by atoms with Gasteiger partial charge in [-0.3, -0.25) is 9.69 Å². The lowest BCUT2D eigenvalue weighted by Gasteiger charge is -2.42. The van der Waals surface area contributed by atoms with Crippen LogP contribution in [0.3, 0.4) is 0 Å². The Morgan fingerprint density at radius 1 is 0.873 bits per heavy atom. The van der Waals surface area contributed by atoms with Gasteiger partial charge in [0.25, 0.3) is 0 Å². The summed E-state index contributed by atoms with van der Waals surface area (Å²) < 4.78 is 40.9. The zero-order chi connectivity index (χ0) is 39.0. The second kappa shape index (κ2) is 22.4. The number of carbonyl (C=O) groups is 2. The van der Waals surface area contributed by atoms with Gasteiger partial charge in [-0.2, -0.15) is 0 Å². The average molecular weight is 767 g/mol. The Morgan fingerprint density at radius 3 is 2.36 bits per heavy atom. The maximum atomic E-state index is 14.9. The van der Waals surface area contributed by atoms with Gasteiger partial charge in [0.05, 0.1) is 39.5 Å². The fourth-order valence-electron chi connectivity index (χ4n) is 8.50. The minimum absolute atomic E-state index is 0.0212. The number of hydrogen-bond acceptors (Lipinski definition) is 10. The van der Waals surface area contributed by atoms with E-state index in [1.54, 1.807) is 21.3 Å². The summed E-state index contributed by atoms with van der Waals surface area (Å²) in [5.41, 5.74) is 1.89. The summed E-state index contributed by atoms with van der Waals surface area (Å²) in [6, 6.07) is 13.1. The Hall–Kier alpha value is -3.38. The molecule has 11 heteroatoms. The summed E-state index contributed by atoms with van der Waals surface area (Å²) >= 11 is 0. The van der Waals surface area contributed by atoms with E-state index in [9.17, 15) is 9.59 Å². The molecule has 11 nitrogen and oxygen atoms in total. The highest BCUT2D eigenvalue weighted by Crippen LogP contribution is 2.38.